The summed E-state index contributed by atoms with van der Waals surface area (Å²) in [4.78, 5) is 0. The molecule has 0 aliphatic carbocycles. The van der Waals surface area contributed by atoms with E-state index in [-0.39, 0.29) is 0 Å². The first-order valence-electron chi connectivity index (χ1n) is 3.40. The van der Waals surface area contributed by atoms with Gasteiger partial charge in [0.05, 0.1) is 6.61 Å². The molecule has 0 amide bonds. The number of fused-ring (bicyclic) bond motifs is 1. The van der Waals surface area contributed by atoms with E-state index in [4.69, 9.17) is 9.47 Å². The molecule has 0 N–H and O–H groups in total. The number of hydrogen-bond acceptors (Lipinski definition) is 3. The molecule has 0 saturated carbocycles. The summed E-state index contributed by atoms with van der Waals surface area (Å²) in [6.45, 7) is 0.588. The Bertz CT molecular complexity index is 262. The van der Waals surface area contributed by atoms with E-state index in [0.29, 0.717) is 6.61 Å². The van der Waals surface area contributed by atoms with Crippen LogP contribution >= 0.6 is 12.6 Å². The van der Waals surface area contributed by atoms with Crippen molar-refractivity contribution < 1.29 is 9.47 Å². The van der Waals surface area contributed by atoms with Crippen molar-refractivity contribution in [3.63, 3.8) is 0 Å². The summed E-state index contributed by atoms with van der Waals surface area (Å²) in [5, 5.41) is 0. The van der Waals surface area contributed by atoms with Gasteiger partial charge in [-0.25, -0.2) is 0 Å². The van der Waals surface area contributed by atoms with Gasteiger partial charge in [-0.1, -0.05) is 18.2 Å². The summed E-state index contributed by atoms with van der Waals surface area (Å²) >= 11 is 4.04. The fourth-order valence-electron chi connectivity index (χ4n) is 1.04. The number of ether oxygens (including phenoxy) is 2. The highest BCUT2D eigenvalue weighted by atomic mass is 32.1. The van der Waals surface area contributed by atoms with Crippen molar-refractivity contribution in [3.05, 3.63) is 29.8 Å². The molecule has 0 bridgehead atoms. The lowest BCUT2D eigenvalue weighted by Crippen LogP contribution is -2.19. The highest BCUT2D eigenvalue weighted by Crippen LogP contribution is 2.26. The second-order valence-electron chi connectivity index (χ2n) is 2.34. The molecular weight excluding hydrogens is 160 g/mol. The van der Waals surface area contributed by atoms with Gasteiger partial charge in [-0.15, -0.1) is 12.6 Å². The Hall–Kier alpha value is -0.670. The van der Waals surface area contributed by atoms with E-state index < -0.39 is 5.62 Å². The maximum atomic E-state index is 5.27. The standard InChI is InChI=1S/C8H8O2S/c11-8-9-5-6-3-1-2-4-7(6)10-8/h1-4,8,11H,5H2. The Morgan fingerprint density at radius 3 is 3.09 bits per heavy atom. The topological polar surface area (TPSA) is 18.5 Å². The summed E-state index contributed by atoms with van der Waals surface area (Å²) in [5.74, 6) is 0.874. The molecule has 1 aliphatic rings. The van der Waals surface area contributed by atoms with E-state index in [9.17, 15) is 0 Å². The van der Waals surface area contributed by atoms with Crippen LogP contribution in [0.25, 0.3) is 0 Å². The molecule has 2 nitrogen and oxygen atoms in total. The van der Waals surface area contributed by atoms with Gasteiger partial charge in [-0.05, 0) is 6.07 Å². The van der Waals surface area contributed by atoms with Crippen molar-refractivity contribution in [2.75, 3.05) is 0 Å². The number of thiol groups is 1. The molecule has 1 aromatic carbocycles. The molecule has 1 aliphatic heterocycles. The minimum atomic E-state index is -0.412. The summed E-state index contributed by atoms with van der Waals surface area (Å²) in [6, 6.07) is 7.80. The predicted octanol–water partition coefficient (Wildman–Crippen LogP) is 1.81. The summed E-state index contributed by atoms with van der Waals surface area (Å²) < 4.78 is 10.4. The van der Waals surface area contributed by atoms with Crippen LogP contribution in [-0.4, -0.2) is 5.62 Å². The van der Waals surface area contributed by atoms with Crippen LogP contribution in [0, 0.1) is 0 Å². The van der Waals surface area contributed by atoms with Crippen molar-refractivity contribution in [2.45, 2.75) is 12.2 Å². The number of hydrogen-bond donors (Lipinski definition) is 1. The Morgan fingerprint density at radius 2 is 2.18 bits per heavy atom. The zero-order chi connectivity index (χ0) is 7.68. The van der Waals surface area contributed by atoms with Crippen LogP contribution < -0.4 is 4.74 Å². The third-order valence-corrected chi connectivity index (χ3v) is 1.84. The van der Waals surface area contributed by atoms with Gasteiger partial charge < -0.3 is 9.47 Å². The molecule has 0 fully saturated rings. The minimum absolute atomic E-state index is 0.412. The van der Waals surface area contributed by atoms with E-state index in [0.717, 1.165) is 11.3 Å². The molecule has 0 radical (unpaired) electrons. The minimum Gasteiger partial charge on any atom is -0.455 e. The lowest BCUT2D eigenvalue weighted by molar-refractivity contribution is -0.0436. The van der Waals surface area contributed by atoms with Crippen molar-refractivity contribution in [3.8, 4) is 5.75 Å². The van der Waals surface area contributed by atoms with Gasteiger partial charge in [0.2, 0.25) is 5.62 Å². The van der Waals surface area contributed by atoms with E-state index >= 15 is 0 Å². The van der Waals surface area contributed by atoms with E-state index in [1.807, 2.05) is 24.3 Å². The van der Waals surface area contributed by atoms with E-state index in [1.165, 1.54) is 0 Å². The fourth-order valence-corrected chi connectivity index (χ4v) is 1.23. The predicted molar refractivity (Wildman–Crippen MR) is 44.6 cm³/mol. The van der Waals surface area contributed by atoms with Gasteiger partial charge in [-0.2, -0.15) is 0 Å². The first-order valence-corrected chi connectivity index (χ1v) is 3.92. The Kier molecular flexibility index (Phi) is 1.75. The number of benzene rings is 1. The Morgan fingerprint density at radius 1 is 1.36 bits per heavy atom. The van der Waals surface area contributed by atoms with Crippen LogP contribution in [-0.2, 0) is 11.3 Å². The van der Waals surface area contributed by atoms with E-state index in [1.54, 1.807) is 0 Å². The molecule has 0 aromatic heterocycles. The molecular formula is C8H8O2S. The van der Waals surface area contributed by atoms with Crippen molar-refractivity contribution in [2.24, 2.45) is 0 Å². The van der Waals surface area contributed by atoms with Crippen LogP contribution in [0.5, 0.6) is 5.75 Å². The second-order valence-corrected chi connectivity index (χ2v) is 2.77. The highest BCUT2D eigenvalue weighted by molar-refractivity contribution is 7.80. The zero-order valence-electron chi connectivity index (χ0n) is 5.86. The molecule has 1 atom stereocenters. The second kappa shape index (κ2) is 2.75. The summed E-state index contributed by atoms with van der Waals surface area (Å²) in [6.07, 6.45) is 0. The van der Waals surface area contributed by atoms with Gasteiger partial charge >= 0.3 is 0 Å². The van der Waals surface area contributed by atoms with Crippen LogP contribution in [0.15, 0.2) is 24.3 Å². The molecule has 58 valence electrons. The van der Waals surface area contributed by atoms with Gasteiger partial charge in [-0.3, -0.25) is 0 Å². The third kappa shape index (κ3) is 1.34. The van der Waals surface area contributed by atoms with Crippen LogP contribution in [0.3, 0.4) is 0 Å². The monoisotopic (exact) mass is 168 g/mol. The highest BCUT2D eigenvalue weighted by Gasteiger charge is 2.14. The van der Waals surface area contributed by atoms with Gasteiger partial charge in [0.15, 0.2) is 0 Å². The smallest absolute Gasteiger partial charge is 0.247 e. The summed E-state index contributed by atoms with van der Waals surface area (Å²) in [5.41, 5.74) is 0.669. The van der Waals surface area contributed by atoms with Crippen molar-refractivity contribution in [1.82, 2.24) is 0 Å². The van der Waals surface area contributed by atoms with Gasteiger partial charge in [0.1, 0.15) is 5.75 Å². The normalized spacial score (nSPS) is 22.1. The first kappa shape index (κ1) is 7.00. The molecule has 1 aromatic rings. The van der Waals surface area contributed by atoms with Gasteiger partial charge in [0, 0.05) is 5.56 Å². The lowest BCUT2D eigenvalue weighted by Gasteiger charge is -2.22. The summed E-state index contributed by atoms with van der Waals surface area (Å²) in [7, 11) is 0. The molecule has 3 heteroatoms. The van der Waals surface area contributed by atoms with Crippen molar-refractivity contribution in [1.29, 1.82) is 0 Å². The molecule has 2 rings (SSSR count). The average molecular weight is 168 g/mol. The number of para-hydroxylation sites is 1. The zero-order valence-corrected chi connectivity index (χ0v) is 6.75. The maximum Gasteiger partial charge on any atom is 0.247 e. The maximum absolute atomic E-state index is 5.27. The molecule has 11 heavy (non-hydrogen) atoms. The fraction of sp³-hybridized carbons (Fsp3) is 0.250. The average Bonchev–Trinajstić information content (AvgIpc) is 2.04. The van der Waals surface area contributed by atoms with Gasteiger partial charge in [0.25, 0.3) is 0 Å². The Balaban J connectivity index is 2.34. The quantitative estimate of drug-likeness (QED) is 0.595. The van der Waals surface area contributed by atoms with Crippen LogP contribution in [0.1, 0.15) is 5.56 Å². The molecule has 1 unspecified atom stereocenters. The van der Waals surface area contributed by atoms with Crippen LogP contribution in [0.2, 0.25) is 0 Å². The Labute approximate surface area is 70.5 Å². The lowest BCUT2D eigenvalue weighted by atomic mass is 10.2. The molecule has 0 spiro atoms. The SMILES string of the molecule is SC1OCc2ccccc2O1. The third-order valence-electron chi connectivity index (χ3n) is 1.58. The van der Waals surface area contributed by atoms with Crippen molar-refractivity contribution >= 4 is 12.6 Å². The van der Waals surface area contributed by atoms with Crippen LogP contribution in [0.4, 0.5) is 0 Å². The van der Waals surface area contributed by atoms with E-state index in [2.05, 4.69) is 12.6 Å². The molecule has 1 heterocycles. The largest absolute Gasteiger partial charge is 0.455 e. The molecule has 0 saturated heterocycles. The first-order chi connectivity index (χ1) is 5.36. The number of rotatable bonds is 0.